The van der Waals surface area contributed by atoms with Crippen molar-refractivity contribution >= 4 is 11.8 Å². The van der Waals surface area contributed by atoms with Crippen molar-refractivity contribution in [3.63, 3.8) is 0 Å². The summed E-state index contributed by atoms with van der Waals surface area (Å²) in [5.41, 5.74) is 0.637. The van der Waals surface area contributed by atoms with E-state index in [1.54, 1.807) is 12.1 Å². The summed E-state index contributed by atoms with van der Waals surface area (Å²) in [6.07, 6.45) is 0.110. The minimum atomic E-state index is -1.13. The number of benzene rings is 1. The molecule has 0 fully saturated rings. The Morgan fingerprint density at radius 2 is 2.07 bits per heavy atom. The number of carboxylic acid groups (broad SMARTS) is 1. The summed E-state index contributed by atoms with van der Waals surface area (Å²) in [5, 5.41) is 18.0. The Morgan fingerprint density at radius 3 is 2.53 bits per heavy atom. The number of ketones is 1. The first kappa shape index (κ1) is 11.2. The van der Waals surface area contributed by atoms with Gasteiger partial charge in [-0.25, -0.2) is 0 Å². The highest BCUT2D eigenvalue weighted by molar-refractivity contribution is 5.97. The number of carboxylic acids is 1. The lowest BCUT2D eigenvalue weighted by Crippen LogP contribution is -2.23. The summed E-state index contributed by atoms with van der Waals surface area (Å²) in [7, 11) is 0. The van der Waals surface area contributed by atoms with Crippen LogP contribution in [0.4, 0.5) is 0 Å². The maximum atomic E-state index is 11.0. The van der Waals surface area contributed by atoms with Gasteiger partial charge in [-0.3, -0.25) is 9.59 Å². The molecule has 0 radical (unpaired) electrons. The van der Waals surface area contributed by atoms with Gasteiger partial charge in [-0.2, -0.15) is 0 Å². The van der Waals surface area contributed by atoms with Crippen LogP contribution in [0.1, 0.15) is 12.5 Å². The highest BCUT2D eigenvalue weighted by atomic mass is 16.4. The van der Waals surface area contributed by atoms with Crippen molar-refractivity contribution in [3.8, 4) is 5.75 Å². The SMILES string of the molecule is CC(=O)C(Cc1cccc(O)c1)C(=O)O. The summed E-state index contributed by atoms with van der Waals surface area (Å²) in [5.74, 6) is -2.48. The fourth-order valence-electron chi connectivity index (χ4n) is 1.32. The second-order valence-corrected chi connectivity index (χ2v) is 3.38. The van der Waals surface area contributed by atoms with Crippen LogP contribution in [0, 0.1) is 5.92 Å². The third-order valence-corrected chi connectivity index (χ3v) is 2.14. The van der Waals surface area contributed by atoms with Crippen LogP contribution in [0.25, 0.3) is 0 Å². The monoisotopic (exact) mass is 208 g/mol. The Morgan fingerprint density at radius 1 is 1.40 bits per heavy atom. The largest absolute Gasteiger partial charge is 0.508 e. The molecule has 0 aliphatic heterocycles. The van der Waals surface area contributed by atoms with Crippen molar-refractivity contribution in [3.05, 3.63) is 29.8 Å². The number of rotatable bonds is 4. The van der Waals surface area contributed by atoms with Crippen LogP contribution in [-0.2, 0) is 16.0 Å². The van der Waals surface area contributed by atoms with Gasteiger partial charge in [0.1, 0.15) is 17.5 Å². The van der Waals surface area contributed by atoms with E-state index in [-0.39, 0.29) is 18.0 Å². The maximum absolute atomic E-state index is 11.0. The lowest BCUT2D eigenvalue weighted by atomic mass is 9.96. The van der Waals surface area contributed by atoms with E-state index in [1.165, 1.54) is 19.1 Å². The quantitative estimate of drug-likeness (QED) is 0.729. The number of phenols is 1. The van der Waals surface area contributed by atoms with Gasteiger partial charge in [-0.05, 0) is 31.0 Å². The number of hydrogen-bond acceptors (Lipinski definition) is 3. The number of hydrogen-bond donors (Lipinski definition) is 2. The number of aliphatic carboxylic acids is 1. The predicted molar refractivity (Wildman–Crippen MR) is 53.6 cm³/mol. The van der Waals surface area contributed by atoms with Crippen molar-refractivity contribution in [2.75, 3.05) is 0 Å². The van der Waals surface area contributed by atoms with Crippen LogP contribution in [0.3, 0.4) is 0 Å². The van der Waals surface area contributed by atoms with E-state index in [0.717, 1.165) is 0 Å². The molecule has 15 heavy (non-hydrogen) atoms. The molecule has 0 spiro atoms. The van der Waals surface area contributed by atoms with E-state index in [0.29, 0.717) is 5.56 Å². The maximum Gasteiger partial charge on any atom is 0.314 e. The average molecular weight is 208 g/mol. The van der Waals surface area contributed by atoms with Gasteiger partial charge in [0, 0.05) is 0 Å². The highest BCUT2D eigenvalue weighted by Crippen LogP contribution is 2.15. The van der Waals surface area contributed by atoms with Gasteiger partial charge in [0.2, 0.25) is 0 Å². The first-order valence-corrected chi connectivity index (χ1v) is 4.52. The Kier molecular flexibility index (Phi) is 3.44. The Balaban J connectivity index is 2.83. The minimum absolute atomic E-state index is 0.0696. The summed E-state index contributed by atoms with van der Waals surface area (Å²) >= 11 is 0. The van der Waals surface area contributed by atoms with Crippen molar-refractivity contribution < 1.29 is 19.8 Å². The fraction of sp³-hybridized carbons (Fsp3) is 0.273. The molecule has 0 bridgehead atoms. The molecule has 2 N–H and O–H groups in total. The van der Waals surface area contributed by atoms with Gasteiger partial charge in [0.05, 0.1) is 0 Å². The van der Waals surface area contributed by atoms with E-state index < -0.39 is 11.9 Å². The Labute approximate surface area is 87.2 Å². The van der Waals surface area contributed by atoms with Crippen LogP contribution in [0.5, 0.6) is 5.75 Å². The molecular weight excluding hydrogens is 196 g/mol. The van der Waals surface area contributed by atoms with Gasteiger partial charge >= 0.3 is 5.97 Å². The van der Waals surface area contributed by atoms with Crippen LogP contribution >= 0.6 is 0 Å². The molecule has 0 heterocycles. The number of phenolic OH excluding ortho intramolecular Hbond substituents is 1. The normalized spacial score (nSPS) is 12.1. The molecule has 0 aliphatic carbocycles. The van der Waals surface area contributed by atoms with Crippen LogP contribution < -0.4 is 0 Å². The second-order valence-electron chi connectivity index (χ2n) is 3.38. The van der Waals surface area contributed by atoms with E-state index in [4.69, 9.17) is 5.11 Å². The molecule has 0 amide bonds. The Bertz CT molecular complexity index is 370. The first-order valence-electron chi connectivity index (χ1n) is 4.52. The lowest BCUT2D eigenvalue weighted by molar-refractivity contribution is -0.145. The van der Waals surface area contributed by atoms with Gasteiger partial charge in [0.15, 0.2) is 0 Å². The van der Waals surface area contributed by atoms with E-state index in [1.807, 2.05) is 0 Å². The van der Waals surface area contributed by atoms with Gasteiger partial charge in [-0.15, -0.1) is 0 Å². The van der Waals surface area contributed by atoms with Crippen LogP contribution in [-0.4, -0.2) is 22.0 Å². The van der Waals surface area contributed by atoms with Gasteiger partial charge in [0.25, 0.3) is 0 Å². The van der Waals surface area contributed by atoms with Gasteiger partial charge < -0.3 is 10.2 Å². The minimum Gasteiger partial charge on any atom is -0.508 e. The molecule has 1 atom stereocenters. The summed E-state index contributed by atoms with van der Waals surface area (Å²) in [6.45, 7) is 1.25. The zero-order valence-corrected chi connectivity index (χ0v) is 8.30. The molecule has 0 saturated carbocycles. The molecule has 1 aromatic carbocycles. The molecule has 1 aromatic rings. The van der Waals surface area contributed by atoms with Crippen molar-refractivity contribution in [1.29, 1.82) is 0 Å². The Hall–Kier alpha value is -1.84. The predicted octanol–water partition coefficient (Wildman–Crippen LogP) is 1.22. The fourth-order valence-corrected chi connectivity index (χ4v) is 1.32. The molecule has 4 nitrogen and oxygen atoms in total. The summed E-state index contributed by atoms with van der Waals surface area (Å²) < 4.78 is 0. The van der Waals surface area contributed by atoms with Crippen LogP contribution in [0.15, 0.2) is 24.3 Å². The zero-order chi connectivity index (χ0) is 11.4. The van der Waals surface area contributed by atoms with E-state index in [9.17, 15) is 14.7 Å². The van der Waals surface area contributed by atoms with Gasteiger partial charge in [-0.1, -0.05) is 12.1 Å². The topological polar surface area (TPSA) is 74.6 Å². The first-order chi connectivity index (χ1) is 7.00. The third-order valence-electron chi connectivity index (χ3n) is 2.14. The number of carbonyl (C=O) groups excluding carboxylic acids is 1. The molecule has 4 heteroatoms. The summed E-state index contributed by atoms with van der Waals surface area (Å²) in [6, 6.07) is 6.24. The van der Waals surface area contributed by atoms with Crippen molar-refractivity contribution in [1.82, 2.24) is 0 Å². The third kappa shape index (κ3) is 3.09. The standard InChI is InChI=1S/C11H12O4/c1-7(12)10(11(14)15)6-8-3-2-4-9(13)5-8/h2-5,10,13H,6H2,1H3,(H,14,15). The van der Waals surface area contributed by atoms with Crippen LogP contribution in [0.2, 0.25) is 0 Å². The van der Waals surface area contributed by atoms with Crippen molar-refractivity contribution in [2.24, 2.45) is 5.92 Å². The van der Waals surface area contributed by atoms with Crippen molar-refractivity contribution in [2.45, 2.75) is 13.3 Å². The molecule has 0 saturated heterocycles. The highest BCUT2D eigenvalue weighted by Gasteiger charge is 2.22. The van der Waals surface area contributed by atoms with E-state index in [2.05, 4.69) is 0 Å². The average Bonchev–Trinajstić information content (AvgIpc) is 2.13. The molecular formula is C11H12O4. The zero-order valence-electron chi connectivity index (χ0n) is 8.30. The number of carbonyl (C=O) groups is 2. The molecule has 0 aliphatic rings. The molecule has 1 unspecified atom stereocenters. The number of Topliss-reactive ketones (excluding diaryl/α,β-unsaturated/α-hetero) is 1. The summed E-state index contributed by atoms with van der Waals surface area (Å²) in [4.78, 5) is 21.8. The molecule has 80 valence electrons. The molecule has 1 rings (SSSR count). The van der Waals surface area contributed by atoms with E-state index >= 15 is 0 Å². The smallest absolute Gasteiger partial charge is 0.314 e. The lowest BCUT2D eigenvalue weighted by Gasteiger charge is -2.08. The number of aromatic hydroxyl groups is 1. The molecule has 0 aromatic heterocycles. The second kappa shape index (κ2) is 4.59.